The maximum Gasteiger partial charge on any atom is 0.116 e. The summed E-state index contributed by atoms with van der Waals surface area (Å²) < 4.78 is 2.10. The molecule has 0 bridgehead atoms. The number of hydrogen-bond acceptors (Lipinski definition) is 4. The molecule has 31 heavy (non-hydrogen) atoms. The number of thiophene rings is 1. The number of hydrogen-bond donors (Lipinski definition) is 2. The van der Waals surface area contributed by atoms with Gasteiger partial charge in [0.15, 0.2) is 0 Å². The van der Waals surface area contributed by atoms with Crippen LogP contribution in [0.5, 0.6) is 0 Å². The topological polar surface area (TPSA) is 75.2 Å². The highest BCUT2D eigenvalue weighted by atomic mass is 32.1. The quantitative estimate of drug-likeness (QED) is 0.374. The Bertz CT molecular complexity index is 1580. The normalized spacial score (nSPS) is 11.7. The molecule has 0 atom stereocenters. The average Bonchev–Trinajstić information content (AvgIpc) is 3.54. The molecule has 152 valence electrons. The van der Waals surface area contributed by atoms with Crippen LogP contribution in [0.15, 0.2) is 55.0 Å². The van der Waals surface area contributed by atoms with E-state index in [-0.39, 0.29) is 0 Å². The number of aromatic amines is 2. The molecule has 0 aliphatic rings. The number of aryl methyl sites for hydroxylation is 2. The van der Waals surface area contributed by atoms with Crippen LogP contribution in [0.3, 0.4) is 0 Å². The monoisotopic (exact) mass is 424 g/mol. The van der Waals surface area contributed by atoms with E-state index in [1.807, 2.05) is 32.6 Å². The van der Waals surface area contributed by atoms with E-state index >= 15 is 0 Å². The summed E-state index contributed by atoms with van der Waals surface area (Å²) in [6.45, 7) is 4.14. The van der Waals surface area contributed by atoms with E-state index in [1.165, 1.54) is 9.75 Å². The Morgan fingerprint density at radius 3 is 2.61 bits per heavy atom. The Morgan fingerprint density at radius 1 is 0.935 bits per heavy atom. The van der Waals surface area contributed by atoms with Gasteiger partial charge in [-0.2, -0.15) is 5.10 Å². The molecule has 6 nitrogen and oxygen atoms in total. The summed E-state index contributed by atoms with van der Waals surface area (Å²) >= 11 is 1.78. The van der Waals surface area contributed by atoms with E-state index in [2.05, 4.69) is 73.0 Å². The first-order chi connectivity index (χ1) is 15.1. The second-order valence-electron chi connectivity index (χ2n) is 7.82. The minimum absolute atomic E-state index is 0.903. The Kier molecular flexibility index (Phi) is 3.88. The highest BCUT2D eigenvalue weighted by molar-refractivity contribution is 7.15. The van der Waals surface area contributed by atoms with E-state index < -0.39 is 0 Å². The van der Waals surface area contributed by atoms with Crippen LogP contribution in [0.25, 0.3) is 54.9 Å². The minimum Gasteiger partial charge on any atom is -0.352 e. The molecule has 7 heteroatoms. The Balaban J connectivity index is 1.52. The molecule has 0 aliphatic carbocycles. The number of fused-ring (bicyclic) bond motifs is 2. The van der Waals surface area contributed by atoms with Gasteiger partial charge in [-0.25, -0.2) is 4.98 Å². The van der Waals surface area contributed by atoms with Crippen molar-refractivity contribution < 1.29 is 0 Å². The third-order valence-electron chi connectivity index (χ3n) is 5.89. The van der Waals surface area contributed by atoms with Crippen molar-refractivity contribution >= 4 is 33.1 Å². The van der Waals surface area contributed by atoms with Crippen molar-refractivity contribution in [1.29, 1.82) is 0 Å². The molecule has 6 aromatic rings. The predicted molar refractivity (Wildman–Crippen MR) is 126 cm³/mol. The van der Waals surface area contributed by atoms with Crippen molar-refractivity contribution in [3.05, 3.63) is 65.7 Å². The van der Waals surface area contributed by atoms with Crippen LogP contribution in [-0.2, 0) is 7.05 Å². The lowest BCUT2D eigenvalue weighted by atomic mass is 10.1. The zero-order chi connectivity index (χ0) is 21.1. The van der Waals surface area contributed by atoms with Crippen LogP contribution in [0, 0.1) is 13.8 Å². The summed E-state index contributed by atoms with van der Waals surface area (Å²) in [7, 11) is 2.04. The molecule has 0 amide bonds. The van der Waals surface area contributed by atoms with Crippen molar-refractivity contribution in [3.63, 3.8) is 0 Å². The van der Waals surface area contributed by atoms with E-state index in [0.717, 1.165) is 55.8 Å². The molecule has 0 fully saturated rings. The molecule has 0 unspecified atom stereocenters. The van der Waals surface area contributed by atoms with Crippen LogP contribution < -0.4 is 0 Å². The fourth-order valence-corrected chi connectivity index (χ4v) is 4.99. The SMILES string of the molecule is Cc1ccc(-c2cncc3[nH]c(-c4n[nH]c5ccc(-c6cnc(C)n6C)cc45)cc23)s1. The molecule has 1 aromatic carbocycles. The van der Waals surface area contributed by atoms with Gasteiger partial charge in [0.25, 0.3) is 0 Å². The van der Waals surface area contributed by atoms with Crippen LogP contribution in [0.1, 0.15) is 10.7 Å². The number of nitrogens with one attached hydrogen (secondary N) is 2. The zero-order valence-corrected chi connectivity index (χ0v) is 18.2. The highest BCUT2D eigenvalue weighted by Gasteiger charge is 2.16. The van der Waals surface area contributed by atoms with E-state index in [0.29, 0.717) is 0 Å². The number of imidazole rings is 1. The summed E-state index contributed by atoms with van der Waals surface area (Å²) in [6, 6.07) is 12.8. The van der Waals surface area contributed by atoms with Gasteiger partial charge in [0.1, 0.15) is 11.5 Å². The number of H-pyrrole nitrogens is 2. The standard InChI is InChI=1S/C24H20N6S/c1-13-4-7-23(31-13)18-10-25-11-21-16(18)9-20(27-21)24-17-8-15(5-6-19(17)28-29-24)22-12-26-14(2)30(22)3/h4-12,27H,1-3H3,(H,28,29). The number of rotatable bonds is 3. The van der Waals surface area contributed by atoms with Crippen molar-refractivity contribution in [2.75, 3.05) is 0 Å². The van der Waals surface area contributed by atoms with Gasteiger partial charge in [-0.05, 0) is 44.2 Å². The molecule has 0 radical (unpaired) electrons. The lowest BCUT2D eigenvalue weighted by Crippen LogP contribution is -1.94. The number of benzene rings is 1. The third-order valence-corrected chi connectivity index (χ3v) is 6.92. The van der Waals surface area contributed by atoms with Crippen molar-refractivity contribution in [1.82, 2.24) is 29.7 Å². The van der Waals surface area contributed by atoms with Gasteiger partial charge >= 0.3 is 0 Å². The van der Waals surface area contributed by atoms with Crippen molar-refractivity contribution in [2.24, 2.45) is 7.05 Å². The summed E-state index contributed by atoms with van der Waals surface area (Å²) in [5.41, 5.74) is 7.23. The van der Waals surface area contributed by atoms with Gasteiger partial charge in [-0.1, -0.05) is 6.07 Å². The van der Waals surface area contributed by atoms with Crippen molar-refractivity contribution in [2.45, 2.75) is 13.8 Å². The van der Waals surface area contributed by atoms with Crippen LogP contribution in [0.4, 0.5) is 0 Å². The first-order valence-electron chi connectivity index (χ1n) is 10.1. The Hall–Kier alpha value is -3.71. The number of nitrogens with zero attached hydrogens (tertiary/aromatic N) is 4. The first kappa shape index (κ1) is 18.1. The van der Waals surface area contributed by atoms with Crippen LogP contribution in [-0.4, -0.2) is 29.7 Å². The molecule has 0 saturated heterocycles. The molecule has 0 saturated carbocycles. The molecule has 5 aromatic heterocycles. The second-order valence-corrected chi connectivity index (χ2v) is 9.11. The molecule has 0 spiro atoms. The largest absolute Gasteiger partial charge is 0.352 e. The van der Waals surface area contributed by atoms with Gasteiger partial charge in [-0.15, -0.1) is 11.3 Å². The lowest BCUT2D eigenvalue weighted by Gasteiger charge is -2.04. The maximum absolute atomic E-state index is 4.63. The summed E-state index contributed by atoms with van der Waals surface area (Å²) in [5.74, 6) is 0.988. The molecule has 5 heterocycles. The minimum atomic E-state index is 0.903. The molecular formula is C24H20N6S. The summed E-state index contributed by atoms with van der Waals surface area (Å²) in [6.07, 6.45) is 5.73. The Labute approximate surface area is 182 Å². The fraction of sp³-hybridized carbons (Fsp3) is 0.125. The van der Waals surface area contributed by atoms with Crippen LogP contribution >= 0.6 is 11.3 Å². The summed E-state index contributed by atoms with van der Waals surface area (Å²) in [5, 5.41) is 10.0. The van der Waals surface area contributed by atoms with Gasteiger partial charge in [0.2, 0.25) is 0 Å². The zero-order valence-electron chi connectivity index (χ0n) is 17.4. The van der Waals surface area contributed by atoms with E-state index in [4.69, 9.17) is 0 Å². The van der Waals surface area contributed by atoms with Crippen LogP contribution in [0.2, 0.25) is 0 Å². The Morgan fingerprint density at radius 2 is 1.84 bits per heavy atom. The molecule has 6 rings (SSSR count). The number of aromatic nitrogens is 6. The number of pyridine rings is 1. The van der Waals surface area contributed by atoms with Gasteiger partial charge in [-0.3, -0.25) is 10.1 Å². The summed E-state index contributed by atoms with van der Waals surface area (Å²) in [4.78, 5) is 14.9. The molecular weight excluding hydrogens is 404 g/mol. The van der Waals surface area contributed by atoms with E-state index in [1.54, 1.807) is 11.3 Å². The predicted octanol–water partition coefficient (Wildman–Crippen LogP) is 5.85. The van der Waals surface area contributed by atoms with Gasteiger partial charge < -0.3 is 9.55 Å². The fourth-order valence-electron chi connectivity index (χ4n) is 4.10. The first-order valence-corrected chi connectivity index (χ1v) is 10.9. The smallest absolute Gasteiger partial charge is 0.116 e. The van der Waals surface area contributed by atoms with Crippen molar-refractivity contribution in [3.8, 4) is 33.1 Å². The average molecular weight is 425 g/mol. The second kappa shape index (κ2) is 6.65. The lowest BCUT2D eigenvalue weighted by molar-refractivity contribution is 0.865. The molecule has 2 N–H and O–H groups in total. The third kappa shape index (κ3) is 2.81. The highest BCUT2D eigenvalue weighted by Crippen LogP contribution is 2.36. The molecule has 0 aliphatic heterocycles. The maximum atomic E-state index is 4.63. The van der Waals surface area contributed by atoms with Gasteiger partial charge in [0.05, 0.1) is 34.8 Å². The van der Waals surface area contributed by atoms with E-state index in [9.17, 15) is 0 Å². The van der Waals surface area contributed by atoms with Gasteiger partial charge in [0, 0.05) is 44.9 Å².